The van der Waals surface area contributed by atoms with Gasteiger partial charge in [0.05, 0.1) is 12.2 Å². The first kappa shape index (κ1) is 21.4. The summed E-state index contributed by atoms with van der Waals surface area (Å²) in [5.74, 6) is 1.29. The number of hydrogen-bond donors (Lipinski definition) is 1. The van der Waals surface area contributed by atoms with E-state index in [2.05, 4.69) is 26.1 Å². The third kappa shape index (κ3) is 4.99. The van der Waals surface area contributed by atoms with Gasteiger partial charge in [-0.25, -0.2) is 4.79 Å². The van der Waals surface area contributed by atoms with Crippen molar-refractivity contribution in [3.05, 3.63) is 45.7 Å². The number of rotatable bonds is 5. The summed E-state index contributed by atoms with van der Waals surface area (Å²) in [5, 5.41) is 3.47. The highest BCUT2D eigenvalue weighted by Gasteiger charge is 2.34. The lowest BCUT2D eigenvalue weighted by molar-refractivity contribution is -0.111. The molecule has 1 N–H and O–H groups in total. The maximum absolute atomic E-state index is 12.6. The van der Waals surface area contributed by atoms with Crippen LogP contribution in [0.1, 0.15) is 66.4 Å². The molecule has 0 aliphatic heterocycles. The molecule has 0 saturated carbocycles. The standard InChI is InChI=1S/C23H29NO4S/c1-6-27-22(26)20-17-11-8-15(23(3,4)5)13-18(17)29-21(20)24-19(25)12-10-16-9-7-14(2)28-16/h7,9-10,12,15H,6,8,11,13H2,1-5H3,(H,24,25)/b12-10+. The zero-order chi connectivity index (χ0) is 21.2. The van der Waals surface area contributed by atoms with Gasteiger partial charge in [-0.2, -0.15) is 0 Å². The molecule has 1 atom stereocenters. The number of carbonyl (C=O) groups is 2. The molecule has 2 aromatic heterocycles. The van der Waals surface area contributed by atoms with Gasteiger partial charge in [0.15, 0.2) is 0 Å². The molecular formula is C23H29NO4S. The minimum absolute atomic E-state index is 0.207. The van der Waals surface area contributed by atoms with Crippen LogP contribution in [0.4, 0.5) is 5.00 Å². The number of thiophene rings is 1. The molecule has 0 aromatic carbocycles. The van der Waals surface area contributed by atoms with Crippen LogP contribution in [0.15, 0.2) is 22.6 Å². The Morgan fingerprint density at radius 2 is 2.10 bits per heavy atom. The minimum atomic E-state index is -0.361. The van der Waals surface area contributed by atoms with Gasteiger partial charge in [-0.15, -0.1) is 11.3 Å². The highest BCUT2D eigenvalue weighted by Crippen LogP contribution is 2.44. The lowest BCUT2D eigenvalue weighted by Gasteiger charge is -2.33. The molecule has 1 amide bonds. The quantitative estimate of drug-likeness (QED) is 0.508. The summed E-state index contributed by atoms with van der Waals surface area (Å²) in [7, 11) is 0. The molecular weight excluding hydrogens is 386 g/mol. The van der Waals surface area contributed by atoms with Crippen molar-refractivity contribution in [2.24, 2.45) is 11.3 Å². The van der Waals surface area contributed by atoms with Gasteiger partial charge < -0.3 is 14.5 Å². The van der Waals surface area contributed by atoms with Crippen molar-refractivity contribution in [2.75, 3.05) is 11.9 Å². The van der Waals surface area contributed by atoms with Gasteiger partial charge in [-0.05, 0) is 68.2 Å². The van der Waals surface area contributed by atoms with Crippen LogP contribution in [0.2, 0.25) is 0 Å². The predicted molar refractivity (Wildman–Crippen MR) is 116 cm³/mol. The van der Waals surface area contributed by atoms with E-state index in [0.717, 1.165) is 30.6 Å². The molecule has 2 aromatic rings. The topological polar surface area (TPSA) is 68.5 Å². The second-order valence-electron chi connectivity index (χ2n) is 8.51. The highest BCUT2D eigenvalue weighted by molar-refractivity contribution is 7.17. The predicted octanol–water partition coefficient (Wildman–Crippen LogP) is 5.63. The molecule has 0 saturated heterocycles. The first-order valence-corrected chi connectivity index (χ1v) is 10.9. The number of esters is 1. The van der Waals surface area contributed by atoms with Crippen LogP contribution in [0.3, 0.4) is 0 Å². The molecule has 0 radical (unpaired) electrons. The maximum Gasteiger partial charge on any atom is 0.341 e. The van der Waals surface area contributed by atoms with E-state index in [-0.39, 0.29) is 17.3 Å². The van der Waals surface area contributed by atoms with Crippen LogP contribution in [0, 0.1) is 18.3 Å². The zero-order valence-corrected chi connectivity index (χ0v) is 18.6. The van der Waals surface area contributed by atoms with E-state index in [0.29, 0.717) is 28.8 Å². The number of ether oxygens (including phenoxy) is 1. The molecule has 1 aliphatic carbocycles. The van der Waals surface area contributed by atoms with Crippen molar-refractivity contribution in [2.45, 2.75) is 53.9 Å². The summed E-state index contributed by atoms with van der Waals surface area (Å²) in [4.78, 5) is 26.3. The van der Waals surface area contributed by atoms with E-state index < -0.39 is 0 Å². The SMILES string of the molecule is CCOC(=O)c1c(NC(=O)/C=C/c2ccc(C)o2)sc2c1CCC(C(C)(C)C)C2. The molecule has 5 nitrogen and oxygen atoms in total. The van der Waals surface area contributed by atoms with Crippen molar-refractivity contribution in [1.29, 1.82) is 0 Å². The molecule has 0 fully saturated rings. The van der Waals surface area contributed by atoms with Crippen molar-refractivity contribution in [3.63, 3.8) is 0 Å². The molecule has 156 valence electrons. The molecule has 0 bridgehead atoms. The Morgan fingerprint density at radius 1 is 1.34 bits per heavy atom. The Hall–Kier alpha value is -2.34. The van der Waals surface area contributed by atoms with E-state index in [4.69, 9.17) is 9.15 Å². The van der Waals surface area contributed by atoms with Gasteiger partial charge in [-0.3, -0.25) is 4.79 Å². The molecule has 2 heterocycles. The summed E-state index contributed by atoms with van der Waals surface area (Å²) in [6, 6.07) is 3.65. The molecule has 1 unspecified atom stereocenters. The summed E-state index contributed by atoms with van der Waals surface area (Å²) >= 11 is 1.50. The molecule has 1 aliphatic rings. The Kier molecular flexibility index (Phi) is 6.32. The summed E-state index contributed by atoms with van der Waals surface area (Å²) in [6.45, 7) is 10.7. The van der Waals surface area contributed by atoms with E-state index >= 15 is 0 Å². The maximum atomic E-state index is 12.6. The molecule has 6 heteroatoms. The van der Waals surface area contributed by atoms with Crippen LogP contribution in [-0.4, -0.2) is 18.5 Å². The van der Waals surface area contributed by atoms with Gasteiger partial charge in [0, 0.05) is 11.0 Å². The summed E-state index contributed by atoms with van der Waals surface area (Å²) < 4.78 is 10.7. The first-order valence-electron chi connectivity index (χ1n) is 10.1. The van der Waals surface area contributed by atoms with E-state index in [1.54, 1.807) is 19.1 Å². The fourth-order valence-corrected chi connectivity index (χ4v) is 5.01. The number of hydrogen-bond acceptors (Lipinski definition) is 5. The van der Waals surface area contributed by atoms with E-state index in [1.165, 1.54) is 22.3 Å². The second-order valence-corrected chi connectivity index (χ2v) is 9.61. The summed E-state index contributed by atoms with van der Waals surface area (Å²) in [6.07, 6.45) is 5.83. The van der Waals surface area contributed by atoms with E-state index in [1.807, 2.05) is 13.0 Å². The molecule has 29 heavy (non-hydrogen) atoms. The van der Waals surface area contributed by atoms with Gasteiger partial charge in [0.1, 0.15) is 16.5 Å². The average molecular weight is 416 g/mol. The third-order valence-electron chi connectivity index (χ3n) is 5.37. The number of nitrogens with one attached hydrogen (secondary N) is 1. The summed E-state index contributed by atoms with van der Waals surface area (Å²) in [5.41, 5.74) is 1.77. The van der Waals surface area contributed by atoms with E-state index in [9.17, 15) is 9.59 Å². The van der Waals surface area contributed by atoms with Crippen LogP contribution in [0.5, 0.6) is 0 Å². The van der Waals surface area contributed by atoms with Gasteiger partial charge in [0.25, 0.3) is 0 Å². The number of amides is 1. The van der Waals surface area contributed by atoms with Gasteiger partial charge in [0.2, 0.25) is 5.91 Å². The van der Waals surface area contributed by atoms with Crippen LogP contribution in [0.25, 0.3) is 6.08 Å². The second kappa shape index (κ2) is 8.57. The number of furan rings is 1. The number of carbonyl (C=O) groups excluding carboxylic acids is 2. The smallest absolute Gasteiger partial charge is 0.341 e. The Bertz CT molecular complexity index is 929. The van der Waals surface area contributed by atoms with Crippen molar-refractivity contribution in [3.8, 4) is 0 Å². The Balaban J connectivity index is 1.85. The van der Waals surface area contributed by atoms with Crippen molar-refractivity contribution < 1.29 is 18.7 Å². The minimum Gasteiger partial charge on any atom is -0.462 e. The lowest BCUT2D eigenvalue weighted by atomic mass is 9.72. The van der Waals surface area contributed by atoms with Crippen molar-refractivity contribution >= 4 is 34.3 Å². The third-order valence-corrected chi connectivity index (χ3v) is 6.54. The lowest BCUT2D eigenvalue weighted by Crippen LogP contribution is -2.26. The van der Waals surface area contributed by atoms with Crippen LogP contribution < -0.4 is 5.32 Å². The van der Waals surface area contributed by atoms with Crippen LogP contribution in [-0.2, 0) is 22.4 Å². The normalized spacial score (nSPS) is 16.7. The molecule has 0 spiro atoms. The number of fused-ring (bicyclic) bond motifs is 1. The van der Waals surface area contributed by atoms with Crippen LogP contribution >= 0.6 is 11.3 Å². The van der Waals surface area contributed by atoms with Gasteiger partial charge >= 0.3 is 5.97 Å². The Morgan fingerprint density at radius 3 is 2.72 bits per heavy atom. The fraction of sp³-hybridized carbons (Fsp3) is 0.478. The van der Waals surface area contributed by atoms with Crippen molar-refractivity contribution in [1.82, 2.24) is 0 Å². The highest BCUT2D eigenvalue weighted by atomic mass is 32.1. The zero-order valence-electron chi connectivity index (χ0n) is 17.8. The largest absolute Gasteiger partial charge is 0.462 e. The number of aryl methyl sites for hydroxylation is 1. The first-order chi connectivity index (χ1) is 13.7. The number of anilines is 1. The fourth-order valence-electron chi connectivity index (χ4n) is 3.69. The molecule has 3 rings (SSSR count). The monoisotopic (exact) mass is 415 g/mol. The van der Waals surface area contributed by atoms with Gasteiger partial charge in [-0.1, -0.05) is 20.8 Å². The average Bonchev–Trinajstić information content (AvgIpc) is 3.21. The Labute approximate surface area is 176 Å².